The molecule has 2 N–H and O–H groups in total. The third-order valence-electron chi connectivity index (χ3n) is 2.93. The first-order chi connectivity index (χ1) is 9.54. The van der Waals surface area contributed by atoms with E-state index < -0.39 is 6.04 Å². The van der Waals surface area contributed by atoms with Gasteiger partial charge < -0.3 is 10.5 Å². The smallest absolute Gasteiger partial charge is 0.137 e. The minimum atomic E-state index is -0.426. The Bertz CT molecular complexity index is 619. The van der Waals surface area contributed by atoms with E-state index in [1.807, 2.05) is 25.1 Å². The second kappa shape index (κ2) is 6.70. The van der Waals surface area contributed by atoms with Crippen molar-refractivity contribution in [3.8, 4) is 5.75 Å². The lowest BCUT2D eigenvalue weighted by atomic mass is 9.99. The van der Waals surface area contributed by atoms with Gasteiger partial charge in [-0.2, -0.15) is 0 Å². The molecule has 0 aliphatic heterocycles. The number of benzene rings is 2. The number of rotatable bonds is 4. The van der Waals surface area contributed by atoms with Crippen molar-refractivity contribution in [1.82, 2.24) is 0 Å². The molecule has 106 valence electrons. The number of nitrogens with two attached hydrogens (primary N) is 1. The first-order valence-corrected chi connectivity index (χ1v) is 7.75. The van der Waals surface area contributed by atoms with Gasteiger partial charge >= 0.3 is 0 Å². The molecule has 1 atom stereocenters. The zero-order valence-electron chi connectivity index (χ0n) is 10.9. The minimum Gasteiger partial charge on any atom is -0.494 e. The molecule has 2 aromatic carbocycles. The lowest BCUT2D eigenvalue weighted by Gasteiger charge is -2.17. The molecule has 0 radical (unpaired) electrons. The average Bonchev–Trinajstić information content (AvgIpc) is 2.42. The zero-order chi connectivity index (χ0) is 14.7. The van der Waals surface area contributed by atoms with Gasteiger partial charge in [0.25, 0.3) is 0 Å². The van der Waals surface area contributed by atoms with Crippen LogP contribution >= 0.6 is 31.9 Å². The molecule has 0 bridgehead atoms. The Kier molecular flexibility index (Phi) is 5.18. The van der Waals surface area contributed by atoms with E-state index in [2.05, 4.69) is 31.9 Å². The van der Waals surface area contributed by atoms with Crippen molar-refractivity contribution >= 4 is 31.9 Å². The summed E-state index contributed by atoms with van der Waals surface area (Å²) >= 11 is 6.74. The van der Waals surface area contributed by atoms with Crippen LogP contribution in [0.5, 0.6) is 5.75 Å². The van der Waals surface area contributed by atoms with Crippen molar-refractivity contribution < 1.29 is 9.13 Å². The quantitative estimate of drug-likeness (QED) is 0.797. The molecule has 0 heterocycles. The molecule has 1 unspecified atom stereocenters. The van der Waals surface area contributed by atoms with Crippen LogP contribution < -0.4 is 10.5 Å². The maximum atomic E-state index is 13.6. The molecule has 2 rings (SSSR count). The Hall–Kier alpha value is -0.910. The summed E-state index contributed by atoms with van der Waals surface area (Å²) in [4.78, 5) is 0. The van der Waals surface area contributed by atoms with Crippen LogP contribution in [0.3, 0.4) is 0 Å². The molecule has 0 saturated heterocycles. The van der Waals surface area contributed by atoms with Crippen molar-refractivity contribution in [3.63, 3.8) is 0 Å². The van der Waals surface area contributed by atoms with E-state index in [1.54, 1.807) is 12.1 Å². The van der Waals surface area contributed by atoms with E-state index in [-0.39, 0.29) is 5.82 Å². The summed E-state index contributed by atoms with van der Waals surface area (Å²) in [5, 5.41) is 0. The van der Waals surface area contributed by atoms with Crippen LogP contribution in [0.2, 0.25) is 0 Å². The predicted octanol–water partition coefficient (Wildman–Crippen LogP) is 4.80. The van der Waals surface area contributed by atoms with Crippen molar-refractivity contribution in [3.05, 3.63) is 62.3 Å². The van der Waals surface area contributed by atoms with E-state index in [0.717, 1.165) is 15.8 Å². The SMILES string of the molecule is CCOc1ccc(C(N)c2cccc(F)c2Br)c(Br)c1. The van der Waals surface area contributed by atoms with Gasteiger partial charge in [-0.25, -0.2) is 4.39 Å². The van der Waals surface area contributed by atoms with Crippen LogP contribution in [-0.2, 0) is 0 Å². The predicted molar refractivity (Wildman–Crippen MR) is 85.4 cm³/mol. The molecular formula is C15H14Br2FNO. The molecule has 0 saturated carbocycles. The average molecular weight is 403 g/mol. The molecule has 0 aliphatic carbocycles. The molecule has 0 spiro atoms. The summed E-state index contributed by atoms with van der Waals surface area (Å²) in [6.45, 7) is 2.53. The first kappa shape index (κ1) is 15.5. The standard InChI is InChI=1S/C15H14Br2FNO/c1-2-20-9-6-7-10(12(16)8-9)15(19)11-4-3-5-13(18)14(11)17/h3-8,15H,2,19H2,1H3. The van der Waals surface area contributed by atoms with E-state index >= 15 is 0 Å². The number of halogens is 3. The molecule has 0 aliphatic rings. The van der Waals surface area contributed by atoms with E-state index in [0.29, 0.717) is 16.6 Å². The monoisotopic (exact) mass is 401 g/mol. The van der Waals surface area contributed by atoms with Gasteiger partial charge in [-0.3, -0.25) is 0 Å². The maximum Gasteiger partial charge on any atom is 0.137 e. The molecule has 20 heavy (non-hydrogen) atoms. The van der Waals surface area contributed by atoms with E-state index in [4.69, 9.17) is 10.5 Å². The van der Waals surface area contributed by atoms with E-state index in [1.165, 1.54) is 6.07 Å². The van der Waals surface area contributed by atoms with E-state index in [9.17, 15) is 4.39 Å². The normalized spacial score (nSPS) is 12.2. The lowest BCUT2D eigenvalue weighted by Crippen LogP contribution is -2.13. The highest BCUT2D eigenvalue weighted by Gasteiger charge is 2.17. The van der Waals surface area contributed by atoms with Gasteiger partial charge in [0.2, 0.25) is 0 Å². The van der Waals surface area contributed by atoms with Gasteiger partial charge in [-0.15, -0.1) is 0 Å². The molecule has 2 aromatic rings. The largest absolute Gasteiger partial charge is 0.494 e. The van der Waals surface area contributed by atoms with Crippen LogP contribution in [0.15, 0.2) is 45.3 Å². The fourth-order valence-corrected chi connectivity index (χ4v) is 3.06. The summed E-state index contributed by atoms with van der Waals surface area (Å²) < 4.78 is 20.3. The van der Waals surface area contributed by atoms with Crippen LogP contribution in [0.4, 0.5) is 4.39 Å². The van der Waals surface area contributed by atoms with Crippen LogP contribution in [0, 0.1) is 5.82 Å². The van der Waals surface area contributed by atoms with Gasteiger partial charge in [0, 0.05) is 4.47 Å². The molecular weight excluding hydrogens is 389 g/mol. The van der Waals surface area contributed by atoms with Gasteiger partial charge in [0.15, 0.2) is 0 Å². The highest BCUT2D eigenvalue weighted by atomic mass is 79.9. The Balaban J connectivity index is 2.38. The molecule has 0 fully saturated rings. The van der Waals surface area contributed by atoms with Crippen molar-refractivity contribution in [2.24, 2.45) is 5.73 Å². The van der Waals surface area contributed by atoms with Gasteiger partial charge in [0.05, 0.1) is 17.1 Å². The van der Waals surface area contributed by atoms with Gasteiger partial charge in [0.1, 0.15) is 11.6 Å². The lowest BCUT2D eigenvalue weighted by molar-refractivity contribution is 0.340. The highest BCUT2D eigenvalue weighted by molar-refractivity contribution is 9.10. The maximum absolute atomic E-state index is 13.6. The van der Waals surface area contributed by atoms with Crippen LogP contribution in [0.1, 0.15) is 24.1 Å². The molecule has 5 heteroatoms. The fraction of sp³-hybridized carbons (Fsp3) is 0.200. The van der Waals surface area contributed by atoms with Gasteiger partial charge in [-0.05, 0) is 52.2 Å². The second-order valence-corrected chi connectivity index (χ2v) is 5.88. The molecule has 2 nitrogen and oxygen atoms in total. The van der Waals surface area contributed by atoms with Crippen molar-refractivity contribution in [2.75, 3.05) is 6.61 Å². The number of hydrogen-bond donors (Lipinski definition) is 1. The Morgan fingerprint density at radius 2 is 1.95 bits per heavy atom. The summed E-state index contributed by atoms with van der Waals surface area (Å²) in [7, 11) is 0. The van der Waals surface area contributed by atoms with Gasteiger partial charge in [-0.1, -0.05) is 34.1 Å². The summed E-state index contributed by atoms with van der Waals surface area (Å²) in [6, 6.07) is 10.0. The van der Waals surface area contributed by atoms with Crippen LogP contribution in [-0.4, -0.2) is 6.61 Å². The molecule has 0 amide bonds. The summed E-state index contributed by atoms with van der Waals surface area (Å²) in [5.74, 6) is 0.452. The Morgan fingerprint density at radius 1 is 1.20 bits per heavy atom. The Morgan fingerprint density at radius 3 is 2.60 bits per heavy atom. The van der Waals surface area contributed by atoms with Crippen LogP contribution in [0.25, 0.3) is 0 Å². The minimum absolute atomic E-state index is 0.319. The first-order valence-electron chi connectivity index (χ1n) is 6.16. The number of ether oxygens (including phenoxy) is 1. The molecule has 0 aromatic heterocycles. The topological polar surface area (TPSA) is 35.2 Å². The second-order valence-electron chi connectivity index (χ2n) is 4.24. The van der Waals surface area contributed by atoms with Crippen molar-refractivity contribution in [2.45, 2.75) is 13.0 Å². The fourth-order valence-electron chi connectivity index (χ4n) is 1.94. The Labute approximate surface area is 134 Å². The zero-order valence-corrected chi connectivity index (χ0v) is 14.0. The summed E-state index contributed by atoms with van der Waals surface area (Å²) in [6.07, 6.45) is 0. The summed E-state index contributed by atoms with van der Waals surface area (Å²) in [5.41, 5.74) is 7.82. The third kappa shape index (κ3) is 3.22. The number of hydrogen-bond acceptors (Lipinski definition) is 2. The van der Waals surface area contributed by atoms with Crippen molar-refractivity contribution in [1.29, 1.82) is 0 Å². The third-order valence-corrected chi connectivity index (χ3v) is 4.46. The highest BCUT2D eigenvalue weighted by Crippen LogP contribution is 2.34.